The number of para-hydroxylation sites is 1. The van der Waals surface area contributed by atoms with E-state index in [0.717, 1.165) is 32.9 Å². The number of amides is 1. The fourth-order valence-corrected chi connectivity index (χ4v) is 6.84. The highest BCUT2D eigenvalue weighted by Crippen LogP contribution is 2.41. The third kappa shape index (κ3) is 7.94. The Morgan fingerprint density at radius 2 is 1.43 bits per heavy atom. The lowest BCUT2D eigenvalue weighted by atomic mass is 9.97. The van der Waals surface area contributed by atoms with Gasteiger partial charge in [0.2, 0.25) is 5.82 Å². The van der Waals surface area contributed by atoms with E-state index in [1.807, 2.05) is 72.8 Å². The van der Waals surface area contributed by atoms with Crippen LogP contribution in [-0.2, 0) is 22.6 Å². The smallest absolute Gasteiger partial charge is 0.257 e. The summed E-state index contributed by atoms with van der Waals surface area (Å²) >= 11 is 1.62. The van der Waals surface area contributed by atoms with E-state index in [4.69, 9.17) is 14.2 Å². The summed E-state index contributed by atoms with van der Waals surface area (Å²) in [6.07, 6.45) is -0.599. The summed E-state index contributed by atoms with van der Waals surface area (Å²) in [5.74, 6) is -11.2. The molecule has 5 aromatic carbocycles. The van der Waals surface area contributed by atoms with Gasteiger partial charge in [-0.1, -0.05) is 84.9 Å². The molecular formula is C39H32F5NO5S. The summed E-state index contributed by atoms with van der Waals surface area (Å²) in [5.41, 5.74) is 2.87. The van der Waals surface area contributed by atoms with Crippen LogP contribution in [0.25, 0.3) is 11.1 Å². The van der Waals surface area contributed by atoms with Gasteiger partial charge in [-0.2, -0.15) is 0 Å². The fourth-order valence-electron chi connectivity index (χ4n) is 5.79. The molecule has 264 valence electrons. The lowest BCUT2D eigenvalue weighted by Gasteiger charge is -2.36. The second-order valence-corrected chi connectivity index (χ2v) is 12.8. The quantitative estimate of drug-likeness (QED) is 0.0615. The molecule has 0 unspecified atom stereocenters. The zero-order valence-electron chi connectivity index (χ0n) is 27.2. The van der Waals surface area contributed by atoms with Crippen LogP contribution in [0.4, 0.5) is 22.0 Å². The molecule has 12 heteroatoms. The number of benzene rings is 5. The van der Waals surface area contributed by atoms with Gasteiger partial charge < -0.3 is 24.6 Å². The van der Waals surface area contributed by atoms with Crippen molar-refractivity contribution in [3.05, 3.63) is 154 Å². The predicted molar refractivity (Wildman–Crippen MR) is 181 cm³/mol. The SMILES string of the molecule is COc1ccccc1SC[C@H]1C[C@@H](c2ccc(CO)cc2)O[C@@H](c2ccc(-c3ccccc3CNC(=O)c3c(F)c(F)c(F)c(F)c3F)cc2)O1. The van der Waals surface area contributed by atoms with Crippen molar-refractivity contribution in [1.82, 2.24) is 5.32 Å². The molecular weight excluding hydrogens is 689 g/mol. The Kier molecular flexibility index (Phi) is 11.4. The first-order valence-electron chi connectivity index (χ1n) is 15.9. The van der Waals surface area contributed by atoms with Crippen LogP contribution in [0, 0.1) is 29.1 Å². The van der Waals surface area contributed by atoms with Crippen LogP contribution in [0.2, 0.25) is 0 Å². The largest absolute Gasteiger partial charge is 0.496 e. The zero-order valence-corrected chi connectivity index (χ0v) is 28.0. The van der Waals surface area contributed by atoms with Gasteiger partial charge in [-0.05, 0) is 39.9 Å². The zero-order chi connectivity index (χ0) is 36.1. The summed E-state index contributed by atoms with van der Waals surface area (Å²) in [6.45, 7) is -0.323. The highest BCUT2D eigenvalue weighted by Gasteiger charge is 2.33. The number of halogens is 5. The molecule has 6 nitrogen and oxygen atoms in total. The molecule has 0 spiro atoms. The van der Waals surface area contributed by atoms with E-state index in [1.54, 1.807) is 43.1 Å². The monoisotopic (exact) mass is 721 g/mol. The Bertz CT molecular complexity index is 1980. The number of aliphatic hydroxyl groups excluding tert-OH is 1. The van der Waals surface area contributed by atoms with E-state index in [2.05, 4.69) is 5.32 Å². The number of rotatable bonds is 11. The molecule has 1 fully saturated rings. The highest BCUT2D eigenvalue weighted by atomic mass is 32.2. The summed E-state index contributed by atoms with van der Waals surface area (Å²) in [5, 5.41) is 11.8. The first-order valence-corrected chi connectivity index (χ1v) is 16.9. The summed E-state index contributed by atoms with van der Waals surface area (Å²) in [4.78, 5) is 13.6. The van der Waals surface area contributed by atoms with Crippen LogP contribution in [0.5, 0.6) is 5.75 Å². The maximum atomic E-state index is 14.2. The van der Waals surface area contributed by atoms with Crippen molar-refractivity contribution in [2.45, 2.75) is 43.0 Å². The number of methoxy groups -OCH3 is 1. The molecule has 1 amide bonds. The van der Waals surface area contributed by atoms with E-state index in [0.29, 0.717) is 23.3 Å². The normalized spacial score (nSPS) is 17.3. The third-order valence-electron chi connectivity index (χ3n) is 8.50. The molecule has 1 aliphatic rings. The van der Waals surface area contributed by atoms with Gasteiger partial charge >= 0.3 is 0 Å². The van der Waals surface area contributed by atoms with Crippen LogP contribution in [0.1, 0.15) is 51.4 Å². The number of carbonyl (C=O) groups excluding carboxylic acids is 1. The predicted octanol–water partition coefficient (Wildman–Crippen LogP) is 8.82. The molecule has 0 saturated carbocycles. The average Bonchev–Trinajstić information content (AvgIpc) is 3.18. The van der Waals surface area contributed by atoms with Gasteiger partial charge in [-0.3, -0.25) is 4.79 Å². The lowest BCUT2D eigenvalue weighted by molar-refractivity contribution is -0.245. The molecule has 1 saturated heterocycles. The number of aliphatic hydroxyl groups is 1. The topological polar surface area (TPSA) is 77.0 Å². The maximum absolute atomic E-state index is 14.2. The molecule has 0 aromatic heterocycles. The minimum absolute atomic E-state index is 0.0666. The standard InChI is InChI=1S/C39H32F5NO5S/c1-48-29-8-4-5-9-31(29)51-21-27-18-30(24-12-10-22(20-46)11-13-24)50-39(49-27)25-16-14-23(15-17-25)28-7-3-2-6-26(28)19-45-38(47)32-33(40)35(42)37(44)36(43)34(32)41/h2-17,27,30,39,46H,18-21H2,1H3,(H,45,47)/t27-,30+,39+/m1/s1. The van der Waals surface area contributed by atoms with E-state index in [-0.39, 0.29) is 25.4 Å². The second kappa shape index (κ2) is 16.1. The molecule has 0 radical (unpaired) electrons. The van der Waals surface area contributed by atoms with Gasteiger partial charge in [-0.15, -0.1) is 11.8 Å². The van der Waals surface area contributed by atoms with Gasteiger partial charge in [-0.25, -0.2) is 22.0 Å². The molecule has 0 aliphatic carbocycles. The molecule has 5 aromatic rings. The van der Waals surface area contributed by atoms with Crippen LogP contribution >= 0.6 is 11.8 Å². The summed E-state index contributed by atoms with van der Waals surface area (Å²) in [7, 11) is 1.63. The van der Waals surface area contributed by atoms with E-state index in [9.17, 15) is 31.9 Å². The number of hydrogen-bond donors (Lipinski definition) is 2. The second-order valence-electron chi connectivity index (χ2n) is 11.7. The Labute approximate surface area is 295 Å². The minimum atomic E-state index is -2.34. The van der Waals surface area contributed by atoms with E-state index >= 15 is 0 Å². The Morgan fingerprint density at radius 1 is 0.804 bits per heavy atom. The number of carbonyl (C=O) groups is 1. The van der Waals surface area contributed by atoms with E-state index in [1.165, 1.54) is 0 Å². The Morgan fingerprint density at radius 3 is 2.12 bits per heavy atom. The molecule has 0 bridgehead atoms. The van der Waals surface area contributed by atoms with Gasteiger partial charge in [0.1, 0.15) is 11.3 Å². The van der Waals surface area contributed by atoms with Crippen molar-refractivity contribution in [1.29, 1.82) is 0 Å². The lowest BCUT2D eigenvalue weighted by Crippen LogP contribution is -2.31. The molecule has 1 aliphatic heterocycles. The van der Waals surface area contributed by atoms with Gasteiger partial charge in [0.15, 0.2) is 29.6 Å². The third-order valence-corrected chi connectivity index (χ3v) is 9.68. The number of thioether (sulfide) groups is 1. The van der Waals surface area contributed by atoms with Crippen molar-refractivity contribution in [3.63, 3.8) is 0 Å². The number of hydrogen-bond acceptors (Lipinski definition) is 6. The summed E-state index contributed by atoms with van der Waals surface area (Å²) < 4.78 is 87.8. The van der Waals surface area contributed by atoms with Crippen LogP contribution in [0.15, 0.2) is 102 Å². The van der Waals surface area contributed by atoms with Crippen LogP contribution in [0.3, 0.4) is 0 Å². The minimum Gasteiger partial charge on any atom is -0.496 e. The van der Waals surface area contributed by atoms with Crippen molar-refractivity contribution < 1.29 is 46.1 Å². The van der Waals surface area contributed by atoms with Crippen molar-refractivity contribution in [2.75, 3.05) is 12.9 Å². The Hall–Kier alpha value is -4.75. The molecule has 6 rings (SSSR count). The highest BCUT2D eigenvalue weighted by molar-refractivity contribution is 7.99. The van der Waals surface area contributed by atoms with Crippen molar-refractivity contribution in [2.24, 2.45) is 0 Å². The molecule has 1 heterocycles. The first kappa shape index (κ1) is 36.1. The van der Waals surface area contributed by atoms with Gasteiger partial charge in [0, 0.05) is 29.2 Å². The Balaban J connectivity index is 1.20. The summed E-state index contributed by atoms with van der Waals surface area (Å²) in [6, 6.07) is 29.6. The van der Waals surface area contributed by atoms with Crippen molar-refractivity contribution in [3.8, 4) is 16.9 Å². The first-order chi connectivity index (χ1) is 24.7. The van der Waals surface area contributed by atoms with E-state index < -0.39 is 46.8 Å². The average molecular weight is 722 g/mol. The number of ether oxygens (including phenoxy) is 3. The molecule has 2 N–H and O–H groups in total. The molecule has 51 heavy (non-hydrogen) atoms. The van der Waals surface area contributed by atoms with Crippen LogP contribution < -0.4 is 10.1 Å². The van der Waals surface area contributed by atoms with Crippen LogP contribution in [-0.4, -0.2) is 30.0 Å². The van der Waals surface area contributed by atoms with Crippen molar-refractivity contribution >= 4 is 17.7 Å². The molecule has 3 atom stereocenters. The van der Waals surface area contributed by atoms with Gasteiger partial charge in [0.25, 0.3) is 5.91 Å². The number of nitrogens with one attached hydrogen (secondary N) is 1. The van der Waals surface area contributed by atoms with Gasteiger partial charge in [0.05, 0.1) is 25.9 Å². The maximum Gasteiger partial charge on any atom is 0.257 e. The fraction of sp³-hybridized carbons (Fsp3) is 0.205.